The molecule has 0 aliphatic heterocycles. The van der Waals surface area contributed by atoms with E-state index >= 15 is 0 Å². The Labute approximate surface area is 174 Å². The second-order valence-electron chi connectivity index (χ2n) is 8.28. The Bertz CT molecular complexity index is 793. The quantitative estimate of drug-likeness (QED) is 0.311. The Morgan fingerprint density at radius 3 is 2.57 bits per heavy atom. The van der Waals surface area contributed by atoms with Gasteiger partial charge in [0.15, 0.2) is 14.1 Å². The molecule has 2 N–H and O–H groups in total. The summed E-state index contributed by atoms with van der Waals surface area (Å²) in [5, 5.41) is 11.3. The van der Waals surface area contributed by atoms with Crippen LogP contribution in [0.4, 0.5) is 9.18 Å². The number of Topliss-reactive ketones (excluding diaryl/α,β-unsaturated/α-hetero) is 1. The molecule has 1 aromatic rings. The number of carbonyl (C=O) groups excluding carboxylic acids is 1. The van der Waals surface area contributed by atoms with E-state index in [1.807, 2.05) is 32.6 Å². The average molecular weight is 472 g/mol. The van der Waals surface area contributed by atoms with Crippen LogP contribution in [-0.2, 0) is 4.43 Å². The number of carboxylic acid groups (broad SMARTS) is 1. The molecule has 8 heteroatoms. The van der Waals surface area contributed by atoms with Crippen LogP contribution < -0.4 is 5.32 Å². The average Bonchev–Trinajstić information content (AvgIpc) is 2.54. The van der Waals surface area contributed by atoms with Gasteiger partial charge in [0.05, 0.1) is 0 Å². The number of ketones is 1. The zero-order valence-corrected chi connectivity index (χ0v) is 19.2. The third-order valence-electron chi connectivity index (χ3n) is 4.60. The summed E-state index contributed by atoms with van der Waals surface area (Å²) in [4.78, 5) is 24.2. The first-order chi connectivity index (χ1) is 12.9. The zero-order valence-electron chi connectivity index (χ0n) is 16.6. The van der Waals surface area contributed by atoms with Gasteiger partial charge in [0.1, 0.15) is 11.4 Å². The van der Waals surface area contributed by atoms with Gasteiger partial charge in [-0.1, -0.05) is 11.6 Å². The minimum absolute atomic E-state index is 0.145. The van der Waals surface area contributed by atoms with Crippen LogP contribution in [-0.4, -0.2) is 36.9 Å². The smallest absolute Gasteiger partial charge is 0.404 e. The number of benzene rings is 1. The molecule has 1 aliphatic rings. The molecule has 0 spiro atoms. The van der Waals surface area contributed by atoms with E-state index in [9.17, 15) is 14.0 Å². The second-order valence-corrected chi connectivity index (χ2v) is 13.6. The van der Waals surface area contributed by atoms with Crippen molar-refractivity contribution >= 4 is 36.1 Å². The molecule has 1 aliphatic carbocycles. The maximum atomic E-state index is 13.5. The van der Waals surface area contributed by atoms with E-state index in [1.54, 1.807) is 0 Å². The van der Waals surface area contributed by atoms with Gasteiger partial charge in [0, 0.05) is 22.5 Å². The summed E-state index contributed by atoms with van der Waals surface area (Å²) >= 11 is 3.30. The lowest BCUT2D eigenvalue weighted by Gasteiger charge is -2.40. The maximum absolute atomic E-state index is 13.5. The molecule has 0 radical (unpaired) electrons. The molecule has 2 atom stereocenters. The Morgan fingerprint density at radius 1 is 1.39 bits per heavy atom. The van der Waals surface area contributed by atoms with Gasteiger partial charge < -0.3 is 14.8 Å². The summed E-state index contributed by atoms with van der Waals surface area (Å²) in [7, 11) is -2.05. The van der Waals surface area contributed by atoms with Crippen LogP contribution in [0, 0.1) is 5.82 Å². The van der Waals surface area contributed by atoms with E-state index in [1.165, 1.54) is 18.2 Å². The van der Waals surface area contributed by atoms with Gasteiger partial charge in [0.2, 0.25) is 0 Å². The van der Waals surface area contributed by atoms with Crippen LogP contribution in [0.2, 0.25) is 19.6 Å². The Hall–Kier alpha value is -1.51. The summed E-state index contributed by atoms with van der Waals surface area (Å²) < 4.78 is 20.3. The van der Waals surface area contributed by atoms with E-state index in [-0.39, 0.29) is 11.8 Å². The van der Waals surface area contributed by atoms with Crippen molar-refractivity contribution < 1.29 is 23.5 Å². The lowest BCUT2D eigenvalue weighted by atomic mass is 9.79. The normalized spacial score (nSPS) is 21.0. The lowest BCUT2D eigenvalue weighted by molar-refractivity contribution is 0.0359. The highest BCUT2D eigenvalue weighted by molar-refractivity contribution is 9.10. The molecule has 0 fully saturated rings. The third-order valence-corrected chi connectivity index (χ3v) is 6.26. The molecular formula is C20H27BrFNO4Si. The molecule has 1 amide bonds. The zero-order chi connectivity index (χ0) is 21.1. The molecule has 5 nitrogen and oxygen atoms in total. The number of hydrogen-bond donors (Lipinski definition) is 2. The van der Waals surface area contributed by atoms with Crippen LogP contribution in [0.1, 0.15) is 43.0 Å². The van der Waals surface area contributed by atoms with Gasteiger partial charge in [-0.25, -0.2) is 9.18 Å². The van der Waals surface area contributed by atoms with Gasteiger partial charge in [0.25, 0.3) is 0 Å². The van der Waals surface area contributed by atoms with Gasteiger partial charge in [-0.2, -0.15) is 0 Å². The largest absolute Gasteiger partial charge is 0.465 e. The first-order valence-corrected chi connectivity index (χ1v) is 13.5. The molecule has 2 rings (SSSR count). The first-order valence-electron chi connectivity index (χ1n) is 9.29. The number of rotatable bonds is 7. The first kappa shape index (κ1) is 22.8. The number of halogens is 2. The van der Waals surface area contributed by atoms with Crippen LogP contribution in [0.25, 0.3) is 0 Å². The third kappa shape index (κ3) is 5.99. The highest BCUT2D eigenvalue weighted by Gasteiger charge is 2.44. The van der Waals surface area contributed by atoms with Gasteiger partial charge in [-0.3, -0.25) is 4.79 Å². The Kier molecular flexibility index (Phi) is 7.22. The molecular weight excluding hydrogens is 445 g/mol. The molecule has 28 heavy (non-hydrogen) atoms. The summed E-state index contributed by atoms with van der Waals surface area (Å²) in [6, 6.07) is 3.87. The van der Waals surface area contributed by atoms with Gasteiger partial charge in [-0.15, -0.1) is 0 Å². The van der Waals surface area contributed by atoms with Crippen molar-refractivity contribution in [3.63, 3.8) is 0 Å². The van der Waals surface area contributed by atoms with Gasteiger partial charge in [-0.05, 0) is 80.0 Å². The Balaban J connectivity index is 2.28. The minimum atomic E-state index is -2.05. The number of amides is 1. The molecule has 0 bridgehead atoms. The van der Waals surface area contributed by atoms with E-state index in [0.29, 0.717) is 35.7 Å². The Morgan fingerprint density at radius 2 is 2.07 bits per heavy atom. The highest BCUT2D eigenvalue weighted by atomic mass is 79.9. The highest BCUT2D eigenvalue weighted by Crippen LogP contribution is 2.38. The molecule has 0 saturated heterocycles. The molecule has 1 unspecified atom stereocenters. The molecule has 0 heterocycles. The van der Waals surface area contributed by atoms with Gasteiger partial charge >= 0.3 is 6.09 Å². The lowest BCUT2D eigenvalue weighted by Crippen LogP contribution is -2.49. The molecule has 154 valence electrons. The summed E-state index contributed by atoms with van der Waals surface area (Å²) in [5.41, 5.74) is 0.553. The van der Waals surface area contributed by atoms with Crippen molar-refractivity contribution in [3.8, 4) is 0 Å². The standard InChI is InChI=1S/C20H27BrFNO4Si/c1-13(23-19(25)26)11-14-7-9-20(10-8-14,27-28(2,3)4)18(24)16-6-5-15(22)12-17(16)21/h5-7,12-13,23H,8-11H2,1-4H3,(H,25,26)/t13-,20?/m0/s1. The van der Waals surface area contributed by atoms with Crippen LogP contribution in [0.5, 0.6) is 0 Å². The van der Waals surface area contributed by atoms with E-state index in [4.69, 9.17) is 9.53 Å². The van der Waals surface area contributed by atoms with E-state index in [2.05, 4.69) is 21.2 Å². The van der Waals surface area contributed by atoms with Crippen molar-refractivity contribution in [3.05, 3.63) is 45.7 Å². The number of hydrogen-bond acceptors (Lipinski definition) is 3. The SMILES string of the molecule is C[C@@H](CC1=CCC(O[Si](C)(C)C)(C(=O)c2ccc(F)cc2Br)CC1)NC(=O)O. The fraction of sp³-hybridized carbons (Fsp3) is 0.500. The van der Waals surface area contributed by atoms with Crippen molar-refractivity contribution in [2.45, 2.75) is 63.9 Å². The van der Waals surface area contributed by atoms with Crippen molar-refractivity contribution in [1.82, 2.24) is 5.32 Å². The fourth-order valence-electron chi connectivity index (χ4n) is 3.57. The molecule has 0 aromatic heterocycles. The van der Waals surface area contributed by atoms with Crippen LogP contribution >= 0.6 is 15.9 Å². The summed E-state index contributed by atoms with van der Waals surface area (Å²) in [5.74, 6) is -0.553. The van der Waals surface area contributed by atoms with E-state index in [0.717, 1.165) is 5.57 Å². The molecule has 1 aromatic carbocycles. The second kappa shape index (κ2) is 8.88. The van der Waals surface area contributed by atoms with E-state index < -0.39 is 25.8 Å². The summed E-state index contributed by atoms with van der Waals surface area (Å²) in [6.45, 7) is 7.94. The minimum Gasteiger partial charge on any atom is -0.465 e. The van der Waals surface area contributed by atoms with Crippen LogP contribution in [0.15, 0.2) is 34.3 Å². The fourth-order valence-corrected chi connectivity index (χ4v) is 5.55. The maximum Gasteiger partial charge on any atom is 0.404 e. The number of carbonyl (C=O) groups is 2. The predicted molar refractivity (Wildman–Crippen MR) is 113 cm³/mol. The van der Waals surface area contributed by atoms with Crippen molar-refractivity contribution in [1.29, 1.82) is 0 Å². The summed E-state index contributed by atoms with van der Waals surface area (Å²) in [6.07, 6.45) is 3.15. The predicted octanol–water partition coefficient (Wildman–Crippen LogP) is 5.52. The van der Waals surface area contributed by atoms with Crippen LogP contribution in [0.3, 0.4) is 0 Å². The molecule has 0 saturated carbocycles. The van der Waals surface area contributed by atoms with Crippen molar-refractivity contribution in [2.24, 2.45) is 0 Å². The number of nitrogens with one attached hydrogen (secondary N) is 1. The monoisotopic (exact) mass is 471 g/mol. The topological polar surface area (TPSA) is 75.6 Å². The van der Waals surface area contributed by atoms with Crippen molar-refractivity contribution in [2.75, 3.05) is 0 Å².